The Bertz CT molecular complexity index is 1410. The van der Waals surface area contributed by atoms with Gasteiger partial charge in [0.1, 0.15) is 19.0 Å². The van der Waals surface area contributed by atoms with Crippen molar-refractivity contribution >= 4 is 75.4 Å². The van der Waals surface area contributed by atoms with Crippen molar-refractivity contribution in [3.8, 4) is 0 Å². The Morgan fingerprint density at radius 1 is 1.12 bits per heavy atom. The maximum Gasteiger partial charge on any atom is 0.333 e. The topological polar surface area (TPSA) is 168 Å². The van der Waals surface area contributed by atoms with Gasteiger partial charge in [0.2, 0.25) is 15.1 Å². The molecule has 2 heterocycles. The summed E-state index contributed by atoms with van der Waals surface area (Å²) in [6, 6.07) is 10.6. The SMILES string of the molecule is C=C1C[S+]([O-])[C@H]2C(NC(=O)C(C(=O)OCC(Cl)(Cl)Cl)c3ccccc3)C(=O)N2C1C(=O)OCc1ccc([N+](=O)[O-])cc1. The molecule has 0 aliphatic carbocycles. The van der Waals surface area contributed by atoms with E-state index in [0.29, 0.717) is 5.56 Å². The van der Waals surface area contributed by atoms with Gasteiger partial charge in [0, 0.05) is 17.7 Å². The standard InChI is InChI=1S/C26H22Cl3N3O9S/c1-14-12-42(39)23-19(30-21(33)18(16-5-3-2-4-6-16)24(35)41-13-26(27,28)29)22(34)31(23)20(14)25(36)40-11-15-7-9-17(10-8-15)32(37)38/h2-10,18-20,23H,1,11-13H2,(H,30,33)/t18?,19?,20?,23-,42?/m0/s1. The van der Waals surface area contributed by atoms with Crippen LogP contribution in [0.4, 0.5) is 5.69 Å². The van der Waals surface area contributed by atoms with Crippen LogP contribution < -0.4 is 5.32 Å². The van der Waals surface area contributed by atoms with Crippen LogP contribution >= 0.6 is 34.8 Å². The fourth-order valence-electron chi connectivity index (χ4n) is 4.46. The number of carbonyl (C=O) groups excluding carboxylic acids is 4. The Kier molecular flexibility index (Phi) is 9.68. The lowest BCUT2D eigenvalue weighted by molar-refractivity contribution is -0.384. The second-order valence-electron chi connectivity index (χ2n) is 9.31. The zero-order valence-electron chi connectivity index (χ0n) is 21.4. The number of non-ortho nitro benzene ring substituents is 1. The number of halogens is 3. The van der Waals surface area contributed by atoms with Gasteiger partial charge in [0.25, 0.3) is 11.6 Å². The van der Waals surface area contributed by atoms with Crippen molar-refractivity contribution in [3.63, 3.8) is 0 Å². The molecule has 2 aromatic carbocycles. The van der Waals surface area contributed by atoms with Crippen LogP contribution in [0.1, 0.15) is 17.0 Å². The van der Waals surface area contributed by atoms with Gasteiger partial charge in [-0.25, -0.2) is 4.79 Å². The fraction of sp³-hybridized carbons (Fsp3) is 0.308. The molecule has 16 heteroatoms. The number of hydrogen-bond donors (Lipinski definition) is 1. The van der Waals surface area contributed by atoms with Crippen molar-refractivity contribution in [1.29, 1.82) is 0 Å². The molecular formula is C26H22Cl3N3O9S. The minimum Gasteiger partial charge on any atom is -0.614 e. The highest BCUT2D eigenvalue weighted by atomic mass is 35.6. The van der Waals surface area contributed by atoms with Crippen molar-refractivity contribution in [1.82, 2.24) is 10.2 Å². The van der Waals surface area contributed by atoms with Crippen LogP contribution in [0.2, 0.25) is 0 Å². The van der Waals surface area contributed by atoms with Gasteiger partial charge in [0.05, 0.1) is 4.92 Å². The van der Waals surface area contributed by atoms with E-state index in [1.165, 1.54) is 36.4 Å². The number of alkyl halides is 3. The van der Waals surface area contributed by atoms with Gasteiger partial charge in [-0.05, 0) is 34.4 Å². The highest BCUT2D eigenvalue weighted by molar-refractivity contribution is 7.92. The number of amides is 2. The summed E-state index contributed by atoms with van der Waals surface area (Å²) in [6.07, 6.45) is 0. The van der Waals surface area contributed by atoms with Crippen LogP contribution in [-0.4, -0.2) is 71.7 Å². The first-order valence-electron chi connectivity index (χ1n) is 12.1. The molecule has 2 fully saturated rings. The highest BCUT2D eigenvalue weighted by Crippen LogP contribution is 2.37. The third-order valence-corrected chi connectivity index (χ3v) is 8.42. The van der Waals surface area contributed by atoms with Crippen molar-refractivity contribution < 1.29 is 38.1 Å². The molecule has 4 unspecified atom stereocenters. The summed E-state index contributed by atoms with van der Waals surface area (Å²) in [4.78, 5) is 63.7. The first-order valence-corrected chi connectivity index (χ1v) is 14.7. The zero-order valence-corrected chi connectivity index (χ0v) is 24.5. The molecule has 0 radical (unpaired) electrons. The van der Waals surface area contributed by atoms with E-state index in [1.807, 2.05) is 0 Å². The minimum atomic E-state index is -1.93. The maximum absolute atomic E-state index is 13.3. The highest BCUT2D eigenvalue weighted by Gasteiger charge is 2.63. The van der Waals surface area contributed by atoms with Crippen LogP contribution in [0.15, 0.2) is 66.7 Å². The van der Waals surface area contributed by atoms with Gasteiger partial charge in [-0.1, -0.05) is 71.7 Å². The monoisotopic (exact) mass is 657 g/mol. The van der Waals surface area contributed by atoms with Crippen LogP contribution in [-0.2, 0) is 46.4 Å². The average Bonchev–Trinajstić information content (AvgIpc) is 2.94. The summed E-state index contributed by atoms with van der Waals surface area (Å²) in [5.41, 5.74) is 0.736. The fourth-order valence-corrected chi connectivity index (χ4v) is 6.28. The molecule has 4 rings (SSSR count). The number of nitro benzene ring substituents is 1. The van der Waals surface area contributed by atoms with E-state index in [0.717, 1.165) is 4.90 Å². The molecule has 2 aliphatic heterocycles. The average molecular weight is 659 g/mol. The lowest BCUT2D eigenvalue weighted by Crippen LogP contribution is -2.79. The van der Waals surface area contributed by atoms with Gasteiger partial charge in [-0.15, -0.1) is 0 Å². The van der Waals surface area contributed by atoms with Crippen LogP contribution in [0.3, 0.4) is 0 Å². The summed E-state index contributed by atoms with van der Waals surface area (Å²) < 4.78 is 21.4. The number of hydrogen-bond acceptors (Lipinski definition) is 9. The van der Waals surface area contributed by atoms with Crippen molar-refractivity contribution in [2.75, 3.05) is 12.4 Å². The molecule has 1 N–H and O–H groups in total. The predicted molar refractivity (Wildman–Crippen MR) is 152 cm³/mol. The molecule has 12 nitrogen and oxygen atoms in total. The molecule has 0 saturated carbocycles. The number of β-lactam (4-membered cyclic amide) rings is 1. The molecule has 0 bridgehead atoms. The molecule has 5 atom stereocenters. The predicted octanol–water partition coefficient (Wildman–Crippen LogP) is 2.68. The van der Waals surface area contributed by atoms with E-state index in [-0.39, 0.29) is 29.2 Å². The van der Waals surface area contributed by atoms with E-state index in [4.69, 9.17) is 44.3 Å². The molecule has 2 saturated heterocycles. The van der Waals surface area contributed by atoms with Gasteiger partial charge < -0.3 is 19.3 Å². The lowest BCUT2D eigenvalue weighted by atomic mass is 9.95. The lowest BCUT2D eigenvalue weighted by Gasteiger charge is -2.52. The van der Waals surface area contributed by atoms with E-state index in [9.17, 15) is 33.8 Å². The molecule has 0 spiro atoms. The third kappa shape index (κ3) is 6.98. The van der Waals surface area contributed by atoms with E-state index in [1.54, 1.807) is 18.2 Å². The summed E-state index contributed by atoms with van der Waals surface area (Å²) in [6.45, 7) is 2.90. The number of nitro groups is 1. The molecule has 0 aromatic heterocycles. The third-order valence-electron chi connectivity index (χ3n) is 6.40. The number of rotatable bonds is 9. The van der Waals surface area contributed by atoms with Crippen LogP contribution in [0.25, 0.3) is 0 Å². The van der Waals surface area contributed by atoms with Crippen LogP contribution in [0, 0.1) is 10.1 Å². The summed E-state index contributed by atoms with van der Waals surface area (Å²) in [5, 5.41) is 12.2. The van der Waals surface area contributed by atoms with Crippen molar-refractivity contribution in [2.45, 2.75) is 33.8 Å². The van der Waals surface area contributed by atoms with Gasteiger partial charge in [-0.2, -0.15) is 0 Å². The summed E-state index contributed by atoms with van der Waals surface area (Å²) in [5.74, 6) is -5.25. The maximum atomic E-state index is 13.3. The molecule has 2 aromatic rings. The largest absolute Gasteiger partial charge is 0.614 e. The Morgan fingerprint density at radius 2 is 1.76 bits per heavy atom. The first-order chi connectivity index (χ1) is 19.8. The quantitative estimate of drug-likeness (QED) is 0.0622. The van der Waals surface area contributed by atoms with Gasteiger partial charge in [0.15, 0.2) is 18.0 Å². The molecule has 2 aliphatic rings. The van der Waals surface area contributed by atoms with E-state index in [2.05, 4.69) is 11.9 Å². The minimum absolute atomic E-state index is 0.136. The number of ether oxygens (including phenoxy) is 2. The second-order valence-corrected chi connectivity index (χ2v) is 13.4. The number of esters is 2. The van der Waals surface area contributed by atoms with Crippen molar-refractivity contribution in [3.05, 3.63) is 88.0 Å². The normalized spacial score (nSPS) is 22.3. The molecule has 2 amide bonds. The smallest absolute Gasteiger partial charge is 0.333 e. The van der Waals surface area contributed by atoms with Crippen LogP contribution in [0.5, 0.6) is 0 Å². The van der Waals surface area contributed by atoms with E-state index < -0.39 is 73.6 Å². The molecule has 222 valence electrons. The number of carbonyl (C=O) groups is 4. The Balaban J connectivity index is 1.46. The molecular weight excluding hydrogens is 637 g/mol. The second kappa shape index (κ2) is 12.9. The van der Waals surface area contributed by atoms with Crippen molar-refractivity contribution in [2.24, 2.45) is 0 Å². The van der Waals surface area contributed by atoms with E-state index >= 15 is 0 Å². The Morgan fingerprint density at radius 3 is 2.36 bits per heavy atom. The first kappa shape index (κ1) is 31.6. The van der Waals surface area contributed by atoms with Gasteiger partial charge in [-0.3, -0.25) is 29.4 Å². The number of benzene rings is 2. The number of nitrogens with zero attached hydrogens (tertiary/aromatic N) is 2. The Hall–Kier alpha value is -3.36. The number of fused-ring (bicyclic) bond motifs is 1. The number of nitrogens with one attached hydrogen (secondary N) is 1. The zero-order chi connectivity index (χ0) is 30.8. The summed E-state index contributed by atoms with van der Waals surface area (Å²) in [7, 11) is 0. The van der Waals surface area contributed by atoms with Gasteiger partial charge >= 0.3 is 11.9 Å². The summed E-state index contributed by atoms with van der Waals surface area (Å²) >= 11 is 15.2. The Labute approximate surface area is 257 Å². The molecule has 42 heavy (non-hydrogen) atoms.